The Morgan fingerprint density at radius 1 is 1.33 bits per heavy atom. The number of aliphatic hydroxyl groups is 1. The van der Waals surface area contributed by atoms with Gasteiger partial charge in [0, 0.05) is 0 Å². The van der Waals surface area contributed by atoms with Crippen molar-refractivity contribution in [2.75, 3.05) is 6.61 Å². The van der Waals surface area contributed by atoms with Crippen LogP contribution in [0.4, 0.5) is 0 Å². The van der Waals surface area contributed by atoms with E-state index >= 15 is 0 Å². The lowest BCUT2D eigenvalue weighted by atomic mass is 9.79. The quantitative estimate of drug-likeness (QED) is 0.718. The largest absolute Gasteiger partial charge is 0.466 e. The molecule has 0 amide bonds. The van der Waals surface area contributed by atoms with Crippen LogP contribution in [-0.4, -0.2) is 23.8 Å². The summed E-state index contributed by atoms with van der Waals surface area (Å²) in [6, 6.07) is 0. The van der Waals surface area contributed by atoms with Crippen molar-refractivity contribution in [1.82, 2.24) is 0 Å². The van der Waals surface area contributed by atoms with Gasteiger partial charge in [-0.15, -0.1) is 0 Å². The molecule has 3 nitrogen and oxygen atoms in total. The molecule has 1 N–H and O–H groups in total. The van der Waals surface area contributed by atoms with Gasteiger partial charge in [0.1, 0.15) is 0 Å². The minimum atomic E-state index is -0.642. The molecule has 0 bridgehead atoms. The molecule has 2 atom stereocenters. The number of carbonyl (C=O) groups excluding carboxylic acids is 1. The van der Waals surface area contributed by atoms with Gasteiger partial charge in [0.15, 0.2) is 0 Å². The summed E-state index contributed by atoms with van der Waals surface area (Å²) in [6.07, 6.45) is 0.907. The van der Waals surface area contributed by atoms with Gasteiger partial charge in [-0.3, -0.25) is 4.79 Å². The van der Waals surface area contributed by atoms with Gasteiger partial charge in [-0.05, 0) is 18.8 Å². The van der Waals surface area contributed by atoms with Crippen molar-refractivity contribution in [3.63, 3.8) is 0 Å². The van der Waals surface area contributed by atoms with Crippen LogP contribution in [-0.2, 0) is 9.53 Å². The topological polar surface area (TPSA) is 46.5 Å². The Hall–Kier alpha value is -0.570. The Morgan fingerprint density at radius 3 is 2.20 bits per heavy atom. The van der Waals surface area contributed by atoms with Crippen molar-refractivity contribution >= 4 is 5.97 Å². The molecule has 90 valence electrons. The summed E-state index contributed by atoms with van der Waals surface area (Å²) in [5, 5.41) is 10.1. The molecule has 15 heavy (non-hydrogen) atoms. The second-order valence-electron chi connectivity index (χ2n) is 4.96. The molecule has 0 aromatic rings. The molecule has 0 aliphatic rings. The number of aliphatic hydroxyl groups excluding tert-OH is 1. The zero-order valence-corrected chi connectivity index (χ0v) is 10.5. The van der Waals surface area contributed by atoms with Crippen LogP contribution in [0.3, 0.4) is 0 Å². The SMILES string of the molecule is CCCC(C(=O)OCC)C(O)C(C)(C)C. The Morgan fingerprint density at radius 2 is 1.87 bits per heavy atom. The summed E-state index contributed by atoms with van der Waals surface area (Å²) in [4.78, 5) is 11.6. The van der Waals surface area contributed by atoms with Crippen molar-refractivity contribution in [3.8, 4) is 0 Å². The average molecular weight is 216 g/mol. The first-order chi connectivity index (χ1) is 6.84. The van der Waals surface area contributed by atoms with Crippen LogP contribution in [0.25, 0.3) is 0 Å². The number of hydrogen-bond acceptors (Lipinski definition) is 3. The molecule has 3 heteroatoms. The van der Waals surface area contributed by atoms with Crippen LogP contribution in [0, 0.1) is 11.3 Å². The maximum Gasteiger partial charge on any atom is 0.311 e. The molecule has 0 heterocycles. The smallest absolute Gasteiger partial charge is 0.311 e. The molecule has 0 aromatic heterocycles. The lowest BCUT2D eigenvalue weighted by Gasteiger charge is -2.31. The van der Waals surface area contributed by atoms with E-state index in [-0.39, 0.29) is 11.4 Å². The Kier molecular flexibility index (Phi) is 5.88. The molecule has 0 spiro atoms. The first-order valence-electron chi connectivity index (χ1n) is 5.69. The standard InChI is InChI=1S/C12H24O3/c1-6-8-9(11(14)15-7-2)10(13)12(3,4)5/h9-10,13H,6-8H2,1-5H3. The van der Waals surface area contributed by atoms with E-state index in [2.05, 4.69) is 0 Å². The predicted octanol–water partition coefficient (Wildman–Crippen LogP) is 2.37. The van der Waals surface area contributed by atoms with Gasteiger partial charge in [-0.25, -0.2) is 0 Å². The molecule has 0 aliphatic heterocycles. The van der Waals surface area contributed by atoms with Gasteiger partial charge in [-0.1, -0.05) is 34.1 Å². The van der Waals surface area contributed by atoms with Gasteiger partial charge in [-0.2, -0.15) is 0 Å². The van der Waals surface area contributed by atoms with Crippen molar-refractivity contribution in [2.24, 2.45) is 11.3 Å². The monoisotopic (exact) mass is 216 g/mol. The summed E-state index contributed by atoms with van der Waals surface area (Å²) in [5.74, 6) is -0.670. The van der Waals surface area contributed by atoms with Crippen LogP contribution in [0.5, 0.6) is 0 Å². The van der Waals surface area contributed by atoms with Gasteiger partial charge < -0.3 is 9.84 Å². The minimum Gasteiger partial charge on any atom is -0.466 e. The first-order valence-corrected chi connectivity index (χ1v) is 5.69. The van der Waals surface area contributed by atoms with Gasteiger partial charge in [0.2, 0.25) is 0 Å². The molecule has 0 aromatic carbocycles. The van der Waals surface area contributed by atoms with E-state index in [1.807, 2.05) is 27.7 Å². The lowest BCUT2D eigenvalue weighted by molar-refractivity contribution is -0.155. The van der Waals surface area contributed by atoms with E-state index in [0.717, 1.165) is 6.42 Å². The molecule has 2 unspecified atom stereocenters. The van der Waals surface area contributed by atoms with Gasteiger partial charge in [0.05, 0.1) is 18.6 Å². The van der Waals surface area contributed by atoms with Crippen molar-refractivity contribution < 1.29 is 14.6 Å². The Balaban J connectivity index is 4.57. The van der Waals surface area contributed by atoms with E-state index in [1.165, 1.54) is 0 Å². The Labute approximate surface area is 92.8 Å². The lowest BCUT2D eigenvalue weighted by Crippen LogP contribution is -2.39. The van der Waals surface area contributed by atoms with E-state index in [1.54, 1.807) is 6.92 Å². The molecule has 0 saturated heterocycles. The van der Waals surface area contributed by atoms with Gasteiger partial charge in [0.25, 0.3) is 0 Å². The highest BCUT2D eigenvalue weighted by atomic mass is 16.5. The molecule has 0 saturated carbocycles. The summed E-state index contributed by atoms with van der Waals surface area (Å²) < 4.78 is 4.97. The highest BCUT2D eigenvalue weighted by molar-refractivity contribution is 5.73. The van der Waals surface area contributed by atoms with E-state index in [9.17, 15) is 9.90 Å². The third kappa shape index (κ3) is 4.65. The van der Waals surface area contributed by atoms with Crippen LogP contribution in [0.15, 0.2) is 0 Å². The van der Waals surface area contributed by atoms with Crippen LogP contribution < -0.4 is 0 Å². The van der Waals surface area contributed by atoms with Crippen LogP contribution in [0.2, 0.25) is 0 Å². The van der Waals surface area contributed by atoms with E-state index < -0.39 is 12.0 Å². The highest BCUT2D eigenvalue weighted by Gasteiger charge is 2.35. The maximum atomic E-state index is 11.6. The summed E-state index contributed by atoms with van der Waals surface area (Å²) in [5.41, 5.74) is -0.285. The number of ether oxygens (including phenoxy) is 1. The maximum absolute atomic E-state index is 11.6. The fraction of sp³-hybridized carbons (Fsp3) is 0.917. The van der Waals surface area contributed by atoms with Crippen molar-refractivity contribution in [2.45, 2.75) is 53.6 Å². The Bertz CT molecular complexity index is 194. The third-order valence-electron chi connectivity index (χ3n) is 2.46. The zero-order chi connectivity index (χ0) is 12.1. The van der Waals surface area contributed by atoms with E-state index in [0.29, 0.717) is 13.0 Å². The molecule has 0 rings (SSSR count). The normalized spacial score (nSPS) is 15.9. The highest BCUT2D eigenvalue weighted by Crippen LogP contribution is 2.28. The average Bonchev–Trinajstić information content (AvgIpc) is 2.12. The molecular formula is C12H24O3. The number of hydrogen-bond donors (Lipinski definition) is 1. The molecule has 0 fully saturated rings. The predicted molar refractivity (Wildman–Crippen MR) is 60.5 cm³/mol. The van der Waals surface area contributed by atoms with Crippen LogP contribution >= 0.6 is 0 Å². The second kappa shape index (κ2) is 6.11. The summed E-state index contributed by atoms with van der Waals surface area (Å²) in [7, 11) is 0. The third-order valence-corrected chi connectivity index (χ3v) is 2.46. The zero-order valence-electron chi connectivity index (χ0n) is 10.5. The minimum absolute atomic E-state index is 0.276. The fourth-order valence-corrected chi connectivity index (χ4v) is 1.57. The molecule has 0 aliphatic carbocycles. The molecule has 0 radical (unpaired) electrons. The number of carbonyl (C=O) groups is 1. The van der Waals surface area contributed by atoms with Crippen molar-refractivity contribution in [3.05, 3.63) is 0 Å². The molecular weight excluding hydrogens is 192 g/mol. The van der Waals surface area contributed by atoms with Crippen LogP contribution in [0.1, 0.15) is 47.5 Å². The number of rotatable bonds is 5. The fourth-order valence-electron chi connectivity index (χ4n) is 1.57. The summed E-state index contributed by atoms with van der Waals surface area (Å²) in [6.45, 7) is 9.94. The second-order valence-corrected chi connectivity index (χ2v) is 4.96. The number of esters is 1. The van der Waals surface area contributed by atoms with E-state index in [4.69, 9.17) is 4.74 Å². The first kappa shape index (κ1) is 14.4. The van der Waals surface area contributed by atoms with Gasteiger partial charge >= 0.3 is 5.97 Å². The summed E-state index contributed by atoms with van der Waals surface area (Å²) >= 11 is 0. The van der Waals surface area contributed by atoms with Crippen molar-refractivity contribution in [1.29, 1.82) is 0 Å².